The Labute approximate surface area is 173 Å². The van der Waals surface area contributed by atoms with Crippen LogP contribution in [0.25, 0.3) is 6.08 Å². The van der Waals surface area contributed by atoms with Crippen LogP contribution < -0.4 is 14.8 Å². The largest absolute Gasteiger partial charge is 0.497 e. The van der Waals surface area contributed by atoms with Gasteiger partial charge in [0.1, 0.15) is 11.5 Å². The monoisotopic (exact) mass is 419 g/mol. The Kier molecular flexibility index (Phi) is 8.80. The fraction of sp³-hybridized carbons (Fsp3) is 0.273. The zero-order valence-corrected chi connectivity index (χ0v) is 16.6. The fourth-order valence-corrected chi connectivity index (χ4v) is 2.46. The third kappa shape index (κ3) is 7.90. The van der Waals surface area contributed by atoms with E-state index < -0.39 is 24.6 Å². The first-order valence-electron chi connectivity index (χ1n) is 9.21. The molecule has 0 bridgehead atoms. The Hall–Kier alpha value is -3.42. The van der Waals surface area contributed by atoms with Crippen LogP contribution in [0.4, 0.5) is 8.78 Å². The van der Waals surface area contributed by atoms with E-state index in [1.165, 1.54) is 37.3 Å². The van der Waals surface area contributed by atoms with Gasteiger partial charge in [-0.05, 0) is 54.8 Å². The van der Waals surface area contributed by atoms with Crippen molar-refractivity contribution >= 4 is 18.0 Å². The number of esters is 1. The summed E-state index contributed by atoms with van der Waals surface area (Å²) in [4.78, 5) is 23.9. The van der Waals surface area contributed by atoms with Crippen molar-refractivity contribution in [3.63, 3.8) is 0 Å². The highest BCUT2D eigenvalue weighted by atomic mass is 19.3. The molecular weight excluding hydrogens is 396 g/mol. The first kappa shape index (κ1) is 22.9. The quantitative estimate of drug-likeness (QED) is 0.471. The summed E-state index contributed by atoms with van der Waals surface area (Å²) in [5.74, 6) is -0.321. The van der Waals surface area contributed by atoms with E-state index in [-0.39, 0.29) is 5.75 Å². The van der Waals surface area contributed by atoms with Crippen molar-refractivity contribution in [1.82, 2.24) is 5.32 Å². The number of hydrogen-bond donors (Lipinski definition) is 1. The van der Waals surface area contributed by atoms with Gasteiger partial charge >= 0.3 is 12.6 Å². The maximum absolute atomic E-state index is 12.1. The topological polar surface area (TPSA) is 73.9 Å². The van der Waals surface area contributed by atoms with E-state index >= 15 is 0 Å². The number of benzene rings is 2. The molecule has 1 atom stereocenters. The molecule has 1 amide bonds. The van der Waals surface area contributed by atoms with Gasteiger partial charge in [0.2, 0.25) is 0 Å². The minimum absolute atomic E-state index is 0.0182. The molecule has 0 fully saturated rings. The first-order valence-corrected chi connectivity index (χ1v) is 9.21. The minimum atomic E-state index is -2.90. The zero-order valence-electron chi connectivity index (χ0n) is 16.6. The van der Waals surface area contributed by atoms with E-state index in [1.807, 2.05) is 24.3 Å². The lowest BCUT2D eigenvalue weighted by atomic mass is 10.1. The SMILES string of the molecule is COc1ccc(CCNC(=O)[C@@H](C)OC(=O)/C=C/c2ccc(OC(F)F)cc2)cc1. The number of alkyl halides is 2. The Bertz CT molecular complexity index is 851. The lowest BCUT2D eigenvalue weighted by Gasteiger charge is -2.12. The molecule has 160 valence electrons. The second-order valence-corrected chi connectivity index (χ2v) is 6.25. The molecule has 8 heteroatoms. The van der Waals surface area contributed by atoms with Crippen LogP contribution in [0.15, 0.2) is 54.6 Å². The normalized spacial score (nSPS) is 11.9. The molecule has 2 aromatic rings. The molecule has 2 aromatic carbocycles. The van der Waals surface area contributed by atoms with Crippen LogP contribution in [0.2, 0.25) is 0 Å². The Morgan fingerprint density at radius 2 is 1.67 bits per heavy atom. The van der Waals surface area contributed by atoms with Crippen molar-refractivity contribution in [2.75, 3.05) is 13.7 Å². The summed E-state index contributed by atoms with van der Waals surface area (Å²) < 4.78 is 38.6. The summed E-state index contributed by atoms with van der Waals surface area (Å²) in [5, 5.41) is 2.71. The molecule has 1 N–H and O–H groups in total. The van der Waals surface area contributed by atoms with E-state index in [0.29, 0.717) is 18.5 Å². The molecule has 0 saturated heterocycles. The van der Waals surface area contributed by atoms with Gasteiger partial charge in [-0.25, -0.2) is 4.79 Å². The number of methoxy groups -OCH3 is 1. The van der Waals surface area contributed by atoms with Crippen LogP contribution in [-0.4, -0.2) is 38.2 Å². The van der Waals surface area contributed by atoms with Gasteiger partial charge in [0.05, 0.1) is 7.11 Å². The number of carbonyl (C=O) groups is 2. The molecule has 0 heterocycles. The van der Waals surface area contributed by atoms with Crippen molar-refractivity contribution in [2.24, 2.45) is 0 Å². The highest BCUT2D eigenvalue weighted by Gasteiger charge is 2.15. The smallest absolute Gasteiger partial charge is 0.387 e. The van der Waals surface area contributed by atoms with E-state index in [4.69, 9.17) is 9.47 Å². The molecule has 0 aliphatic rings. The average Bonchev–Trinajstić information content (AvgIpc) is 2.73. The number of nitrogens with one attached hydrogen (secondary N) is 1. The van der Waals surface area contributed by atoms with Gasteiger partial charge in [-0.3, -0.25) is 4.79 Å². The number of carbonyl (C=O) groups excluding carboxylic acids is 2. The minimum Gasteiger partial charge on any atom is -0.497 e. The molecule has 0 saturated carbocycles. The molecule has 0 aliphatic carbocycles. The van der Waals surface area contributed by atoms with E-state index in [0.717, 1.165) is 17.4 Å². The van der Waals surface area contributed by atoms with Crippen molar-refractivity contribution in [1.29, 1.82) is 0 Å². The van der Waals surface area contributed by atoms with Crippen LogP contribution in [0.3, 0.4) is 0 Å². The van der Waals surface area contributed by atoms with Crippen LogP contribution >= 0.6 is 0 Å². The summed E-state index contributed by atoms with van der Waals surface area (Å²) in [6.45, 7) is -1.02. The van der Waals surface area contributed by atoms with Crippen molar-refractivity contribution in [3.8, 4) is 11.5 Å². The summed E-state index contributed by atoms with van der Waals surface area (Å²) in [6, 6.07) is 13.2. The van der Waals surface area contributed by atoms with Gasteiger partial charge in [0, 0.05) is 12.6 Å². The third-order valence-electron chi connectivity index (χ3n) is 4.05. The van der Waals surface area contributed by atoms with Crippen LogP contribution in [0, 0.1) is 0 Å². The van der Waals surface area contributed by atoms with Crippen molar-refractivity contribution in [3.05, 3.63) is 65.7 Å². The van der Waals surface area contributed by atoms with Gasteiger partial charge in [0.15, 0.2) is 6.10 Å². The number of ether oxygens (including phenoxy) is 3. The van der Waals surface area contributed by atoms with Gasteiger partial charge in [0.25, 0.3) is 5.91 Å². The summed E-state index contributed by atoms with van der Waals surface area (Å²) >= 11 is 0. The third-order valence-corrected chi connectivity index (χ3v) is 4.05. The molecule has 6 nitrogen and oxygen atoms in total. The highest BCUT2D eigenvalue weighted by Crippen LogP contribution is 2.15. The van der Waals surface area contributed by atoms with Crippen molar-refractivity contribution in [2.45, 2.75) is 26.1 Å². The molecule has 0 spiro atoms. The lowest BCUT2D eigenvalue weighted by Crippen LogP contribution is -2.36. The predicted molar refractivity (Wildman–Crippen MR) is 107 cm³/mol. The molecule has 0 aromatic heterocycles. The molecule has 2 rings (SSSR count). The predicted octanol–water partition coefficient (Wildman–Crippen LogP) is 3.60. The zero-order chi connectivity index (χ0) is 21.9. The number of amides is 1. The maximum atomic E-state index is 12.1. The summed E-state index contributed by atoms with van der Waals surface area (Å²) in [7, 11) is 1.59. The van der Waals surface area contributed by atoms with Gasteiger partial charge in [-0.15, -0.1) is 0 Å². The van der Waals surface area contributed by atoms with Crippen LogP contribution in [0.1, 0.15) is 18.1 Å². The average molecular weight is 419 g/mol. The molecule has 0 aliphatic heterocycles. The lowest BCUT2D eigenvalue weighted by molar-refractivity contribution is -0.150. The Balaban J connectivity index is 1.74. The second kappa shape index (κ2) is 11.5. The molecule has 0 radical (unpaired) electrons. The van der Waals surface area contributed by atoms with E-state index in [2.05, 4.69) is 10.1 Å². The number of hydrogen-bond acceptors (Lipinski definition) is 5. The van der Waals surface area contributed by atoms with Gasteiger partial charge in [-0.1, -0.05) is 24.3 Å². The van der Waals surface area contributed by atoms with Gasteiger partial charge < -0.3 is 19.5 Å². The van der Waals surface area contributed by atoms with E-state index in [9.17, 15) is 18.4 Å². The maximum Gasteiger partial charge on any atom is 0.387 e. The number of halogens is 2. The molecular formula is C22H23F2NO5. The second-order valence-electron chi connectivity index (χ2n) is 6.25. The van der Waals surface area contributed by atoms with E-state index in [1.54, 1.807) is 7.11 Å². The van der Waals surface area contributed by atoms with Crippen LogP contribution in [0.5, 0.6) is 11.5 Å². The molecule has 30 heavy (non-hydrogen) atoms. The summed E-state index contributed by atoms with van der Waals surface area (Å²) in [6.07, 6.45) is 2.27. The highest BCUT2D eigenvalue weighted by molar-refractivity contribution is 5.90. The summed E-state index contributed by atoms with van der Waals surface area (Å²) in [5.41, 5.74) is 1.62. The van der Waals surface area contributed by atoms with Gasteiger partial charge in [-0.2, -0.15) is 8.78 Å². The molecule has 0 unspecified atom stereocenters. The number of rotatable bonds is 10. The fourth-order valence-electron chi connectivity index (χ4n) is 2.46. The first-order chi connectivity index (χ1) is 14.4. The Morgan fingerprint density at radius 1 is 1.03 bits per heavy atom. The van der Waals surface area contributed by atoms with Crippen LogP contribution in [-0.2, 0) is 20.7 Å². The Morgan fingerprint density at radius 3 is 2.27 bits per heavy atom. The van der Waals surface area contributed by atoms with Crippen molar-refractivity contribution < 1.29 is 32.6 Å². The standard InChI is InChI=1S/C22H23F2NO5/c1-15(21(27)25-14-13-17-3-8-18(28-2)9-4-17)29-20(26)12-7-16-5-10-19(11-6-16)30-22(23)24/h3-12,15,22H,13-14H2,1-2H3,(H,25,27)/b12-7+/t15-/m1/s1.